The van der Waals surface area contributed by atoms with Crippen LogP contribution in [0.4, 0.5) is 0 Å². The topological polar surface area (TPSA) is 3.88 Å². The lowest BCUT2D eigenvalue weighted by molar-refractivity contribution is -0.660. The highest BCUT2D eigenvalue weighted by Gasteiger charge is 2.30. The first-order valence-electron chi connectivity index (χ1n) is 10.3. The molecule has 1 aliphatic rings. The Kier molecular flexibility index (Phi) is 5.44. The minimum atomic E-state index is -1.39. The minimum absolute atomic E-state index is 0.582. The highest BCUT2D eigenvalue weighted by Crippen LogP contribution is 2.34. The average molecular weight is 367 g/mol. The van der Waals surface area contributed by atoms with Crippen molar-refractivity contribution in [3.63, 3.8) is 0 Å². The summed E-state index contributed by atoms with van der Waals surface area (Å²) < 4.78 is 2.38. The maximum atomic E-state index is 2.54. The smallest absolute Gasteiger partial charge is 0.201 e. The summed E-state index contributed by atoms with van der Waals surface area (Å²) in [5, 5.41) is 1.67. The monoisotopic (exact) mass is 366 g/mol. The molecule has 0 N–H and O–H groups in total. The Morgan fingerprint density at radius 1 is 1.04 bits per heavy atom. The molecule has 0 amide bonds. The molecule has 0 unspecified atom stereocenters. The molecule has 1 heterocycles. The number of pyridine rings is 1. The first-order chi connectivity index (χ1) is 12.2. The molecule has 1 aromatic heterocycles. The zero-order valence-corrected chi connectivity index (χ0v) is 18.8. The van der Waals surface area contributed by atoms with Gasteiger partial charge >= 0.3 is 0 Å². The number of rotatable bonds is 4. The second-order valence-corrected chi connectivity index (χ2v) is 14.6. The molecule has 3 rings (SSSR count). The molecule has 1 fully saturated rings. The normalized spacial score (nSPS) is 15.8. The zero-order chi connectivity index (χ0) is 19.1. The SMILES string of the molecule is Cc1cc(C(C)C)ccc1-c1cc([Si](C)(C)C)c(C2CCCC2)c[n+]1C. The summed E-state index contributed by atoms with van der Waals surface area (Å²) in [6, 6.07) is 9.56. The van der Waals surface area contributed by atoms with Crippen molar-refractivity contribution in [1.29, 1.82) is 0 Å². The third kappa shape index (κ3) is 3.81. The van der Waals surface area contributed by atoms with Gasteiger partial charge in [-0.2, -0.15) is 0 Å². The highest BCUT2D eigenvalue weighted by molar-refractivity contribution is 6.89. The third-order valence-electron chi connectivity index (χ3n) is 6.10. The van der Waals surface area contributed by atoms with E-state index in [4.69, 9.17) is 0 Å². The van der Waals surface area contributed by atoms with E-state index < -0.39 is 8.07 Å². The van der Waals surface area contributed by atoms with Crippen molar-refractivity contribution >= 4 is 13.3 Å². The predicted molar refractivity (Wildman–Crippen MR) is 116 cm³/mol. The molecule has 1 nitrogen and oxygen atoms in total. The van der Waals surface area contributed by atoms with Crippen LogP contribution in [0.1, 0.15) is 68.1 Å². The Morgan fingerprint density at radius 2 is 1.69 bits per heavy atom. The van der Waals surface area contributed by atoms with Crippen LogP contribution in [0.5, 0.6) is 0 Å². The molecule has 0 bridgehead atoms. The number of hydrogen-bond acceptors (Lipinski definition) is 0. The van der Waals surface area contributed by atoms with E-state index in [9.17, 15) is 0 Å². The van der Waals surface area contributed by atoms with E-state index >= 15 is 0 Å². The molecule has 1 aliphatic carbocycles. The first kappa shape index (κ1) is 19.4. The fourth-order valence-electron chi connectivity index (χ4n) is 4.48. The fourth-order valence-corrected chi connectivity index (χ4v) is 6.19. The lowest BCUT2D eigenvalue weighted by Gasteiger charge is -2.24. The van der Waals surface area contributed by atoms with Crippen molar-refractivity contribution < 1.29 is 4.57 Å². The number of benzene rings is 1. The van der Waals surface area contributed by atoms with Gasteiger partial charge in [-0.05, 0) is 54.0 Å². The van der Waals surface area contributed by atoms with Gasteiger partial charge in [-0.25, -0.2) is 4.57 Å². The number of hydrogen-bond donors (Lipinski definition) is 0. The maximum Gasteiger partial charge on any atom is 0.212 e. The molecule has 0 radical (unpaired) electrons. The maximum absolute atomic E-state index is 2.54. The average Bonchev–Trinajstić information content (AvgIpc) is 3.08. The Balaban J connectivity index is 2.14. The third-order valence-corrected chi connectivity index (χ3v) is 8.15. The van der Waals surface area contributed by atoms with E-state index in [0.29, 0.717) is 5.92 Å². The second-order valence-electron chi connectivity index (χ2n) is 9.60. The van der Waals surface area contributed by atoms with Gasteiger partial charge in [0.15, 0.2) is 6.20 Å². The van der Waals surface area contributed by atoms with E-state index in [1.165, 1.54) is 48.1 Å². The molecule has 0 saturated heterocycles. The standard InChI is InChI=1S/C24H36NSi/c1-17(2)20-12-13-21(18(3)14-20)23-15-24(26(5,6)7)22(16-25(23)4)19-10-8-9-11-19/h12-17,19H,8-11H2,1-7H3/q+1. The molecular weight excluding hydrogens is 330 g/mol. The zero-order valence-electron chi connectivity index (χ0n) is 17.8. The van der Waals surface area contributed by atoms with Gasteiger partial charge in [-0.1, -0.05) is 58.5 Å². The van der Waals surface area contributed by atoms with Crippen LogP contribution in [0.15, 0.2) is 30.5 Å². The molecule has 0 atom stereocenters. The molecule has 140 valence electrons. The van der Waals surface area contributed by atoms with Gasteiger partial charge in [-0.15, -0.1) is 0 Å². The van der Waals surface area contributed by atoms with Crippen LogP contribution in [-0.2, 0) is 7.05 Å². The quantitative estimate of drug-likeness (QED) is 0.475. The van der Waals surface area contributed by atoms with Crippen molar-refractivity contribution in [3.05, 3.63) is 47.2 Å². The van der Waals surface area contributed by atoms with Gasteiger partial charge in [0.05, 0.1) is 8.07 Å². The molecule has 1 aromatic carbocycles. The Hall–Kier alpha value is -1.41. The van der Waals surface area contributed by atoms with E-state index in [-0.39, 0.29) is 0 Å². The fraction of sp³-hybridized carbons (Fsp3) is 0.542. The van der Waals surface area contributed by atoms with Crippen molar-refractivity contribution in [2.75, 3.05) is 0 Å². The van der Waals surface area contributed by atoms with Gasteiger partial charge in [0, 0.05) is 17.2 Å². The first-order valence-corrected chi connectivity index (χ1v) is 13.8. The molecule has 0 aliphatic heterocycles. The number of nitrogens with zero attached hydrogens (tertiary/aromatic N) is 1. The van der Waals surface area contributed by atoms with Crippen molar-refractivity contribution in [2.45, 2.75) is 77.9 Å². The van der Waals surface area contributed by atoms with Gasteiger partial charge in [0.2, 0.25) is 5.69 Å². The molecule has 26 heavy (non-hydrogen) atoms. The largest absolute Gasteiger partial charge is 0.212 e. The van der Waals surface area contributed by atoms with Gasteiger partial charge in [0.1, 0.15) is 7.05 Å². The molecule has 0 spiro atoms. The van der Waals surface area contributed by atoms with E-state index in [1.807, 2.05) is 0 Å². The van der Waals surface area contributed by atoms with Crippen LogP contribution in [0, 0.1) is 6.92 Å². The van der Waals surface area contributed by atoms with Crippen LogP contribution in [0.2, 0.25) is 19.6 Å². The summed E-state index contributed by atoms with van der Waals surface area (Å²) in [4.78, 5) is 0. The summed E-state index contributed by atoms with van der Waals surface area (Å²) >= 11 is 0. The molecular formula is C24H36NSi+. The van der Waals surface area contributed by atoms with Gasteiger partial charge in [0.25, 0.3) is 0 Å². The molecule has 1 saturated carbocycles. The predicted octanol–water partition coefficient (Wildman–Crippen LogP) is 5.81. The number of aryl methyl sites for hydroxylation is 2. The lowest BCUT2D eigenvalue weighted by Crippen LogP contribution is -2.45. The molecule has 2 heteroatoms. The van der Waals surface area contributed by atoms with E-state index in [2.05, 4.69) is 82.5 Å². The summed E-state index contributed by atoms with van der Waals surface area (Å²) in [5.41, 5.74) is 7.22. The lowest BCUT2D eigenvalue weighted by atomic mass is 9.94. The van der Waals surface area contributed by atoms with Crippen LogP contribution in [-0.4, -0.2) is 8.07 Å². The Labute approximate surface area is 161 Å². The van der Waals surface area contributed by atoms with Crippen LogP contribution < -0.4 is 9.75 Å². The second kappa shape index (κ2) is 7.30. The van der Waals surface area contributed by atoms with Crippen molar-refractivity contribution in [3.8, 4) is 11.3 Å². The van der Waals surface area contributed by atoms with Gasteiger partial charge in [-0.3, -0.25) is 0 Å². The van der Waals surface area contributed by atoms with Crippen molar-refractivity contribution in [1.82, 2.24) is 0 Å². The summed E-state index contributed by atoms with van der Waals surface area (Å²) in [7, 11) is 0.842. The summed E-state index contributed by atoms with van der Waals surface area (Å²) in [6.45, 7) is 14.3. The Bertz CT molecular complexity index is 793. The van der Waals surface area contributed by atoms with Gasteiger partial charge < -0.3 is 0 Å². The summed E-state index contributed by atoms with van der Waals surface area (Å²) in [6.07, 6.45) is 8.01. The van der Waals surface area contributed by atoms with E-state index in [1.54, 1.807) is 10.8 Å². The van der Waals surface area contributed by atoms with Crippen LogP contribution >= 0.6 is 0 Å². The van der Waals surface area contributed by atoms with Crippen LogP contribution in [0.25, 0.3) is 11.3 Å². The highest BCUT2D eigenvalue weighted by atomic mass is 28.3. The summed E-state index contributed by atoms with van der Waals surface area (Å²) in [5.74, 6) is 1.36. The van der Waals surface area contributed by atoms with E-state index in [0.717, 1.165) is 5.92 Å². The number of aromatic nitrogens is 1. The Morgan fingerprint density at radius 3 is 2.23 bits per heavy atom. The van der Waals surface area contributed by atoms with Crippen molar-refractivity contribution in [2.24, 2.45) is 7.05 Å². The molecule has 2 aromatic rings. The minimum Gasteiger partial charge on any atom is -0.201 e. The van der Waals surface area contributed by atoms with Crippen LogP contribution in [0.3, 0.4) is 0 Å².